The summed E-state index contributed by atoms with van der Waals surface area (Å²) in [6, 6.07) is 5.34. The molecule has 1 saturated carbocycles. The van der Waals surface area contributed by atoms with Gasteiger partial charge in [0, 0.05) is 19.3 Å². The van der Waals surface area contributed by atoms with Crippen LogP contribution in [0.4, 0.5) is 0 Å². The predicted octanol–water partition coefficient (Wildman–Crippen LogP) is 2.02. The zero-order valence-electron chi connectivity index (χ0n) is 15.5. The second-order valence-corrected chi connectivity index (χ2v) is 6.86. The van der Waals surface area contributed by atoms with Gasteiger partial charge >= 0.3 is 0 Å². The van der Waals surface area contributed by atoms with Crippen LogP contribution in [-0.2, 0) is 13.5 Å². The number of aliphatic hydroxyl groups excluding tert-OH is 1. The van der Waals surface area contributed by atoms with Gasteiger partial charge in [0.25, 0.3) is 5.91 Å². The first kappa shape index (κ1) is 18.4. The van der Waals surface area contributed by atoms with E-state index in [0.29, 0.717) is 24.4 Å². The molecule has 1 fully saturated rings. The Morgan fingerprint density at radius 1 is 1.46 bits per heavy atom. The van der Waals surface area contributed by atoms with Crippen LogP contribution in [0.25, 0.3) is 0 Å². The highest BCUT2D eigenvalue weighted by atomic mass is 16.5. The summed E-state index contributed by atoms with van der Waals surface area (Å²) in [5.74, 6) is 0.556. The third kappa shape index (κ3) is 3.88. The minimum Gasteiger partial charge on any atom is -0.481 e. The zero-order chi connectivity index (χ0) is 18.7. The van der Waals surface area contributed by atoms with Crippen LogP contribution in [0.3, 0.4) is 0 Å². The topological polar surface area (TPSA) is 89.3 Å². The average Bonchev–Trinajstić information content (AvgIpc) is 2.98. The highest BCUT2D eigenvalue weighted by molar-refractivity contribution is 5.93. The smallest absolute Gasteiger partial charge is 0.270 e. The lowest BCUT2D eigenvalue weighted by atomic mass is 9.75. The zero-order valence-corrected chi connectivity index (χ0v) is 15.5. The number of amides is 1. The number of ether oxygens (including phenoxy) is 1. The monoisotopic (exact) mass is 358 g/mol. The molecule has 1 unspecified atom stereocenters. The van der Waals surface area contributed by atoms with Gasteiger partial charge < -0.3 is 15.2 Å². The van der Waals surface area contributed by atoms with E-state index in [2.05, 4.69) is 22.3 Å². The Bertz CT molecular complexity index is 751. The molecule has 26 heavy (non-hydrogen) atoms. The largest absolute Gasteiger partial charge is 0.481 e. The number of pyridine rings is 1. The number of methoxy groups -OCH3 is 1. The van der Waals surface area contributed by atoms with Crippen LogP contribution < -0.4 is 10.1 Å². The van der Waals surface area contributed by atoms with Gasteiger partial charge in [-0.3, -0.25) is 9.48 Å². The summed E-state index contributed by atoms with van der Waals surface area (Å²) >= 11 is 0. The van der Waals surface area contributed by atoms with Crippen LogP contribution in [0, 0.1) is 5.92 Å². The molecule has 1 aliphatic carbocycles. The third-order valence-corrected chi connectivity index (χ3v) is 4.90. The van der Waals surface area contributed by atoms with Crippen molar-refractivity contribution >= 4 is 5.91 Å². The number of carbonyl (C=O) groups excluding carboxylic acids is 1. The summed E-state index contributed by atoms with van der Waals surface area (Å²) in [5, 5.41) is 17.2. The molecule has 140 valence electrons. The molecular formula is C19H26N4O3. The number of aromatic nitrogens is 3. The number of carbonyl (C=O) groups is 1. The summed E-state index contributed by atoms with van der Waals surface area (Å²) < 4.78 is 6.73. The molecule has 0 spiro atoms. The van der Waals surface area contributed by atoms with Gasteiger partial charge in [0.05, 0.1) is 24.9 Å². The van der Waals surface area contributed by atoms with E-state index in [1.807, 2.05) is 12.1 Å². The fourth-order valence-corrected chi connectivity index (χ4v) is 3.40. The number of nitrogens with one attached hydrogen (secondary N) is 1. The van der Waals surface area contributed by atoms with E-state index in [0.717, 1.165) is 24.1 Å². The average molecular weight is 358 g/mol. The fourth-order valence-electron chi connectivity index (χ4n) is 3.40. The molecule has 2 N–H and O–H groups in total. The van der Waals surface area contributed by atoms with Crippen LogP contribution in [0.5, 0.6) is 5.88 Å². The molecule has 1 atom stereocenters. The van der Waals surface area contributed by atoms with Crippen LogP contribution in [0.1, 0.15) is 54.0 Å². The quantitative estimate of drug-likeness (QED) is 0.790. The number of hydrogen-bond donors (Lipinski definition) is 2. The molecule has 2 aromatic rings. The van der Waals surface area contributed by atoms with Crippen molar-refractivity contribution < 1.29 is 14.6 Å². The Morgan fingerprint density at radius 3 is 2.81 bits per heavy atom. The second-order valence-electron chi connectivity index (χ2n) is 6.86. The highest BCUT2D eigenvalue weighted by Gasteiger charge is 2.36. The van der Waals surface area contributed by atoms with Crippen LogP contribution in [-0.4, -0.2) is 39.0 Å². The SMILES string of the molecule is CCCc1cc(C(=O)NC(c2ccc(OC)nc2)C2CC(O)C2)n(C)n1. The van der Waals surface area contributed by atoms with Gasteiger partial charge in [0.2, 0.25) is 5.88 Å². The van der Waals surface area contributed by atoms with E-state index in [1.54, 1.807) is 31.1 Å². The molecule has 0 bridgehead atoms. The van der Waals surface area contributed by atoms with Gasteiger partial charge in [-0.1, -0.05) is 19.4 Å². The van der Waals surface area contributed by atoms with Crippen LogP contribution >= 0.6 is 0 Å². The molecule has 0 aliphatic heterocycles. The van der Waals surface area contributed by atoms with Crippen molar-refractivity contribution in [1.82, 2.24) is 20.1 Å². The minimum atomic E-state index is -0.293. The summed E-state index contributed by atoms with van der Waals surface area (Å²) in [4.78, 5) is 17.1. The van der Waals surface area contributed by atoms with E-state index < -0.39 is 0 Å². The van der Waals surface area contributed by atoms with Crippen molar-refractivity contribution in [3.8, 4) is 5.88 Å². The summed E-state index contributed by atoms with van der Waals surface area (Å²) in [6.45, 7) is 2.09. The van der Waals surface area contributed by atoms with Crippen molar-refractivity contribution in [2.24, 2.45) is 13.0 Å². The number of nitrogens with zero attached hydrogens (tertiary/aromatic N) is 3. The molecule has 0 radical (unpaired) electrons. The van der Waals surface area contributed by atoms with Crippen LogP contribution in [0.2, 0.25) is 0 Å². The Labute approximate surface area is 153 Å². The summed E-state index contributed by atoms with van der Waals surface area (Å²) in [7, 11) is 3.35. The normalized spacial score (nSPS) is 20.3. The molecule has 1 amide bonds. The van der Waals surface area contributed by atoms with E-state index in [1.165, 1.54) is 0 Å². The minimum absolute atomic E-state index is 0.162. The number of aryl methyl sites for hydroxylation is 2. The molecule has 0 aromatic carbocycles. The molecule has 2 aromatic heterocycles. The van der Waals surface area contributed by atoms with E-state index in [9.17, 15) is 9.90 Å². The molecule has 3 rings (SSSR count). The van der Waals surface area contributed by atoms with Gasteiger partial charge in [-0.2, -0.15) is 5.10 Å². The van der Waals surface area contributed by atoms with Crippen molar-refractivity contribution in [3.63, 3.8) is 0 Å². The Balaban J connectivity index is 1.79. The molecule has 7 nitrogen and oxygen atoms in total. The first-order valence-corrected chi connectivity index (χ1v) is 9.03. The van der Waals surface area contributed by atoms with Crippen molar-refractivity contribution in [2.45, 2.75) is 44.8 Å². The van der Waals surface area contributed by atoms with Crippen molar-refractivity contribution in [1.29, 1.82) is 0 Å². The molecule has 2 heterocycles. The second kappa shape index (κ2) is 7.86. The fraction of sp³-hybridized carbons (Fsp3) is 0.526. The van der Waals surface area contributed by atoms with Gasteiger partial charge in [0.1, 0.15) is 5.69 Å². The van der Waals surface area contributed by atoms with E-state index >= 15 is 0 Å². The maximum atomic E-state index is 12.8. The lowest BCUT2D eigenvalue weighted by Crippen LogP contribution is -2.41. The molecule has 0 saturated heterocycles. The first-order chi connectivity index (χ1) is 12.5. The van der Waals surface area contributed by atoms with Gasteiger partial charge in [0.15, 0.2) is 0 Å². The third-order valence-electron chi connectivity index (χ3n) is 4.90. The highest BCUT2D eigenvalue weighted by Crippen LogP contribution is 2.38. The Morgan fingerprint density at radius 2 is 2.23 bits per heavy atom. The van der Waals surface area contributed by atoms with Crippen molar-refractivity contribution in [3.05, 3.63) is 41.3 Å². The maximum absolute atomic E-state index is 12.8. The molecular weight excluding hydrogens is 332 g/mol. The lowest BCUT2D eigenvalue weighted by molar-refractivity contribution is 0.0233. The number of hydrogen-bond acceptors (Lipinski definition) is 5. The van der Waals surface area contributed by atoms with E-state index in [4.69, 9.17) is 4.74 Å². The summed E-state index contributed by atoms with van der Waals surface area (Å²) in [6.07, 6.45) is 4.60. The summed E-state index contributed by atoms with van der Waals surface area (Å²) in [5.41, 5.74) is 2.37. The number of rotatable bonds is 7. The van der Waals surface area contributed by atoms with Gasteiger partial charge in [-0.15, -0.1) is 0 Å². The Kier molecular flexibility index (Phi) is 5.56. The van der Waals surface area contributed by atoms with Crippen molar-refractivity contribution in [2.75, 3.05) is 7.11 Å². The standard InChI is InChI=1S/C19H26N4O3/c1-4-5-14-10-16(23(2)22-14)19(25)21-18(13-8-15(24)9-13)12-6-7-17(26-3)20-11-12/h6-7,10-11,13,15,18,24H,4-5,8-9H2,1-3H3,(H,21,25). The lowest BCUT2D eigenvalue weighted by Gasteiger charge is -2.38. The molecule has 7 heteroatoms. The van der Waals surface area contributed by atoms with Gasteiger partial charge in [-0.05, 0) is 36.8 Å². The van der Waals surface area contributed by atoms with E-state index in [-0.39, 0.29) is 24.0 Å². The first-order valence-electron chi connectivity index (χ1n) is 9.03. The Hall–Kier alpha value is -2.41. The molecule has 1 aliphatic rings. The van der Waals surface area contributed by atoms with Crippen LogP contribution in [0.15, 0.2) is 24.4 Å². The maximum Gasteiger partial charge on any atom is 0.270 e. The van der Waals surface area contributed by atoms with Gasteiger partial charge in [-0.25, -0.2) is 4.98 Å². The predicted molar refractivity (Wildman–Crippen MR) is 96.9 cm³/mol. The number of aliphatic hydroxyl groups is 1.